The summed E-state index contributed by atoms with van der Waals surface area (Å²) in [6.45, 7) is 2.01. The number of carboxylic acid groups (broad SMARTS) is 1. The van der Waals surface area contributed by atoms with Gasteiger partial charge < -0.3 is 15.2 Å². The van der Waals surface area contributed by atoms with Crippen LogP contribution in [0.1, 0.15) is 19.8 Å². The minimum atomic E-state index is -1.04. The molecule has 1 fully saturated rings. The van der Waals surface area contributed by atoms with Crippen LogP contribution in [0.3, 0.4) is 0 Å². The van der Waals surface area contributed by atoms with E-state index in [2.05, 4.69) is 5.32 Å². The lowest BCUT2D eigenvalue weighted by molar-refractivity contribution is -0.143. The maximum absolute atomic E-state index is 11.3. The number of ether oxygens (including phenoxy) is 1. The fourth-order valence-corrected chi connectivity index (χ4v) is 1.15. The zero-order valence-corrected chi connectivity index (χ0v) is 7.45. The Hall–Kier alpha value is -1.10. The Kier molecular flexibility index (Phi) is 3.25. The van der Waals surface area contributed by atoms with E-state index in [4.69, 9.17) is 9.84 Å². The number of carbonyl (C=O) groups excluding carboxylic acids is 1. The van der Waals surface area contributed by atoms with E-state index in [1.54, 1.807) is 0 Å². The van der Waals surface area contributed by atoms with E-state index in [0.717, 1.165) is 6.42 Å². The van der Waals surface area contributed by atoms with Crippen LogP contribution in [0.5, 0.6) is 0 Å². The van der Waals surface area contributed by atoms with Crippen LogP contribution in [0, 0.1) is 0 Å². The molecule has 0 aromatic heterocycles. The summed E-state index contributed by atoms with van der Waals surface area (Å²) < 4.78 is 5.09. The van der Waals surface area contributed by atoms with Gasteiger partial charge in [0.2, 0.25) is 5.91 Å². The highest BCUT2D eigenvalue weighted by molar-refractivity contribution is 5.86. The zero-order chi connectivity index (χ0) is 9.84. The van der Waals surface area contributed by atoms with E-state index in [-0.39, 0.29) is 5.91 Å². The maximum atomic E-state index is 11.3. The van der Waals surface area contributed by atoms with Gasteiger partial charge in [-0.25, -0.2) is 0 Å². The van der Waals surface area contributed by atoms with E-state index < -0.39 is 18.1 Å². The normalized spacial score (nSPS) is 23.9. The van der Waals surface area contributed by atoms with Crippen molar-refractivity contribution in [3.05, 3.63) is 0 Å². The van der Waals surface area contributed by atoms with Crippen molar-refractivity contribution in [2.24, 2.45) is 0 Å². The molecular formula is C8H13NO4. The van der Waals surface area contributed by atoms with Gasteiger partial charge in [-0.3, -0.25) is 9.59 Å². The van der Waals surface area contributed by atoms with Crippen molar-refractivity contribution in [3.8, 4) is 0 Å². The van der Waals surface area contributed by atoms with Crippen molar-refractivity contribution < 1.29 is 19.4 Å². The first-order valence-electron chi connectivity index (χ1n) is 4.26. The third-order valence-electron chi connectivity index (χ3n) is 1.95. The Bertz CT molecular complexity index is 210. The first-order valence-corrected chi connectivity index (χ1v) is 4.26. The number of carboxylic acids is 1. The van der Waals surface area contributed by atoms with E-state index in [0.29, 0.717) is 13.0 Å². The third-order valence-corrected chi connectivity index (χ3v) is 1.95. The van der Waals surface area contributed by atoms with E-state index >= 15 is 0 Å². The van der Waals surface area contributed by atoms with Gasteiger partial charge in [-0.2, -0.15) is 0 Å². The summed E-state index contributed by atoms with van der Waals surface area (Å²) in [5.74, 6) is -1.36. The summed E-state index contributed by atoms with van der Waals surface area (Å²) in [5, 5.41) is 10.9. The second kappa shape index (κ2) is 4.23. The topological polar surface area (TPSA) is 75.6 Å². The van der Waals surface area contributed by atoms with Crippen molar-refractivity contribution in [1.29, 1.82) is 0 Å². The first kappa shape index (κ1) is 9.98. The molecule has 2 N–H and O–H groups in total. The highest BCUT2D eigenvalue weighted by Gasteiger charge is 2.25. The predicted molar refractivity (Wildman–Crippen MR) is 44.2 cm³/mol. The molecule has 1 saturated heterocycles. The van der Waals surface area contributed by atoms with Crippen LogP contribution in [0.15, 0.2) is 0 Å². The summed E-state index contributed by atoms with van der Waals surface area (Å²) in [6.07, 6.45) is 1.08. The monoisotopic (exact) mass is 187 g/mol. The van der Waals surface area contributed by atoms with Gasteiger partial charge in [-0.05, 0) is 19.8 Å². The quantitative estimate of drug-likeness (QED) is 0.639. The number of nitrogens with one attached hydrogen (secondary N) is 1. The van der Waals surface area contributed by atoms with Crippen LogP contribution in [0.25, 0.3) is 0 Å². The van der Waals surface area contributed by atoms with Gasteiger partial charge in [-0.1, -0.05) is 0 Å². The molecule has 1 amide bonds. The second-order valence-electron chi connectivity index (χ2n) is 3.07. The minimum absolute atomic E-state index is 0.326. The van der Waals surface area contributed by atoms with Crippen molar-refractivity contribution in [2.45, 2.75) is 31.9 Å². The highest BCUT2D eigenvalue weighted by atomic mass is 16.5. The number of aliphatic carboxylic acids is 1. The van der Waals surface area contributed by atoms with Crippen LogP contribution in [-0.2, 0) is 14.3 Å². The van der Waals surface area contributed by atoms with Crippen LogP contribution >= 0.6 is 0 Å². The number of amides is 1. The van der Waals surface area contributed by atoms with Crippen LogP contribution < -0.4 is 5.32 Å². The molecule has 74 valence electrons. The fraction of sp³-hybridized carbons (Fsp3) is 0.750. The van der Waals surface area contributed by atoms with Gasteiger partial charge >= 0.3 is 5.97 Å². The molecule has 0 saturated carbocycles. The van der Waals surface area contributed by atoms with E-state index in [9.17, 15) is 9.59 Å². The molecular weight excluding hydrogens is 174 g/mol. The van der Waals surface area contributed by atoms with Gasteiger partial charge in [0.05, 0.1) is 0 Å². The van der Waals surface area contributed by atoms with Crippen molar-refractivity contribution in [1.82, 2.24) is 5.32 Å². The molecule has 1 rings (SSSR count). The molecule has 5 heteroatoms. The largest absolute Gasteiger partial charge is 0.480 e. The molecule has 5 nitrogen and oxygen atoms in total. The summed E-state index contributed by atoms with van der Waals surface area (Å²) >= 11 is 0. The Balaban J connectivity index is 2.35. The molecule has 0 radical (unpaired) electrons. The maximum Gasteiger partial charge on any atom is 0.325 e. The Morgan fingerprint density at radius 1 is 1.62 bits per heavy atom. The van der Waals surface area contributed by atoms with Gasteiger partial charge in [0, 0.05) is 6.61 Å². The summed E-state index contributed by atoms with van der Waals surface area (Å²) in [5.41, 5.74) is 0. The smallest absolute Gasteiger partial charge is 0.325 e. The van der Waals surface area contributed by atoms with Crippen molar-refractivity contribution in [3.63, 3.8) is 0 Å². The number of hydrogen-bond donors (Lipinski definition) is 2. The van der Waals surface area contributed by atoms with Gasteiger partial charge in [0.1, 0.15) is 12.1 Å². The summed E-state index contributed by atoms with van der Waals surface area (Å²) in [6, 6.07) is -0.850. The SMILES string of the molecule is C[C@H](NC(=O)[C@H]1CCCO1)C(=O)O. The molecule has 0 aromatic carbocycles. The number of carbonyl (C=O) groups is 2. The second-order valence-corrected chi connectivity index (χ2v) is 3.07. The highest BCUT2D eigenvalue weighted by Crippen LogP contribution is 2.11. The zero-order valence-electron chi connectivity index (χ0n) is 7.45. The van der Waals surface area contributed by atoms with Gasteiger partial charge in [-0.15, -0.1) is 0 Å². The molecule has 1 heterocycles. The summed E-state index contributed by atoms with van der Waals surface area (Å²) in [4.78, 5) is 21.7. The standard InChI is InChI=1S/C8H13NO4/c1-5(8(11)12)9-7(10)6-3-2-4-13-6/h5-6H,2-4H2,1H3,(H,9,10)(H,11,12)/t5-,6+/m0/s1. The van der Waals surface area contributed by atoms with E-state index in [1.165, 1.54) is 6.92 Å². The van der Waals surface area contributed by atoms with Crippen LogP contribution in [0.2, 0.25) is 0 Å². The average molecular weight is 187 g/mol. The van der Waals surface area contributed by atoms with Gasteiger partial charge in [0.25, 0.3) is 0 Å². The van der Waals surface area contributed by atoms with Crippen LogP contribution in [-0.4, -0.2) is 35.7 Å². The van der Waals surface area contributed by atoms with Gasteiger partial charge in [0.15, 0.2) is 0 Å². The van der Waals surface area contributed by atoms with E-state index in [1.807, 2.05) is 0 Å². The Morgan fingerprint density at radius 2 is 2.31 bits per heavy atom. The lowest BCUT2D eigenvalue weighted by Crippen LogP contribution is -2.43. The number of rotatable bonds is 3. The van der Waals surface area contributed by atoms with Crippen molar-refractivity contribution >= 4 is 11.9 Å². The molecule has 0 unspecified atom stereocenters. The molecule has 2 atom stereocenters. The molecule has 0 aliphatic carbocycles. The first-order chi connectivity index (χ1) is 6.11. The molecule has 0 bridgehead atoms. The van der Waals surface area contributed by atoms with Crippen molar-refractivity contribution in [2.75, 3.05) is 6.61 Å². The molecule has 0 aromatic rings. The Labute approximate surface area is 76.1 Å². The minimum Gasteiger partial charge on any atom is -0.480 e. The third kappa shape index (κ3) is 2.69. The fourth-order valence-electron chi connectivity index (χ4n) is 1.15. The van der Waals surface area contributed by atoms with Crippen LogP contribution in [0.4, 0.5) is 0 Å². The molecule has 13 heavy (non-hydrogen) atoms. The Morgan fingerprint density at radius 3 is 2.77 bits per heavy atom. The molecule has 1 aliphatic heterocycles. The lowest BCUT2D eigenvalue weighted by atomic mass is 10.2. The molecule has 0 spiro atoms. The number of hydrogen-bond acceptors (Lipinski definition) is 3. The summed E-state index contributed by atoms with van der Waals surface area (Å²) in [7, 11) is 0. The lowest BCUT2D eigenvalue weighted by Gasteiger charge is -2.12. The molecule has 1 aliphatic rings. The average Bonchev–Trinajstić information content (AvgIpc) is 2.55. The predicted octanol–water partition coefficient (Wildman–Crippen LogP) is -0.245.